The van der Waals surface area contributed by atoms with Crippen molar-refractivity contribution in [3.05, 3.63) is 0 Å². The van der Waals surface area contributed by atoms with Crippen LogP contribution in [0.2, 0.25) is 0 Å². The average Bonchev–Trinajstić information content (AvgIpc) is 2.05. The van der Waals surface area contributed by atoms with Gasteiger partial charge in [0.1, 0.15) is 0 Å². The maximum atomic E-state index is 5.84. The monoisotopic (exact) mass is 168 g/mol. The third kappa shape index (κ3) is 1.64. The second kappa shape index (κ2) is 3.35. The van der Waals surface area contributed by atoms with Crippen LogP contribution in [0, 0.1) is 11.8 Å². The summed E-state index contributed by atoms with van der Waals surface area (Å²) in [6.07, 6.45) is 4.09. The van der Waals surface area contributed by atoms with Gasteiger partial charge in [-0.05, 0) is 51.1 Å². The van der Waals surface area contributed by atoms with Crippen molar-refractivity contribution >= 4 is 0 Å². The summed E-state index contributed by atoms with van der Waals surface area (Å²) in [6, 6.07) is 0.399. The number of piperidine rings is 3. The Morgan fingerprint density at radius 3 is 2.50 bits per heavy atom. The van der Waals surface area contributed by atoms with Crippen LogP contribution in [-0.2, 0) is 0 Å². The maximum Gasteiger partial charge on any atom is 0.00136 e. The van der Waals surface area contributed by atoms with E-state index in [0.717, 1.165) is 11.8 Å². The van der Waals surface area contributed by atoms with E-state index in [4.69, 9.17) is 5.73 Å². The van der Waals surface area contributed by atoms with Crippen molar-refractivity contribution in [1.82, 2.24) is 4.90 Å². The lowest BCUT2D eigenvalue weighted by atomic mass is 9.76. The molecule has 0 aliphatic carbocycles. The molecule has 3 saturated heterocycles. The number of fused-ring (bicyclic) bond motifs is 3. The quantitative estimate of drug-likeness (QED) is 0.668. The van der Waals surface area contributed by atoms with Crippen LogP contribution < -0.4 is 5.73 Å². The van der Waals surface area contributed by atoms with Crippen LogP contribution in [0.3, 0.4) is 0 Å². The van der Waals surface area contributed by atoms with Gasteiger partial charge in [0, 0.05) is 12.6 Å². The van der Waals surface area contributed by atoms with E-state index in [1.54, 1.807) is 0 Å². The maximum absolute atomic E-state index is 5.84. The molecule has 0 aromatic heterocycles. The molecule has 3 fully saturated rings. The van der Waals surface area contributed by atoms with Gasteiger partial charge in [0.25, 0.3) is 0 Å². The van der Waals surface area contributed by atoms with E-state index in [1.807, 2.05) is 0 Å². The van der Waals surface area contributed by atoms with Crippen molar-refractivity contribution < 1.29 is 0 Å². The minimum Gasteiger partial charge on any atom is -0.328 e. The standard InChI is InChI=1S/C10H20N2/c1-8(11)6-10-7-12-4-2-9(10)3-5-12/h8-10H,2-7,11H2,1H3. The summed E-state index contributed by atoms with van der Waals surface area (Å²) in [5.41, 5.74) is 5.84. The Hall–Kier alpha value is -0.0800. The first-order valence-corrected chi connectivity index (χ1v) is 5.23. The molecule has 0 amide bonds. The van der Waals surface area contributed by atoms with Gasteiger partial charge in [-0.3, -0.25) is 0 Å². The molecular weight excluding hydrogens is 148 g/mol. The van der Waals surface area contributed by atoms with Crippen LogP contribution in [0.1, 0.15) is 26.2 Å². The van der Waals surface area contributed by atoms with Gasteiger partial charge in [-0.15, -0.1) is 0 Å². The smallest absolute Gasteiger partial charge is 0.00136 e. The normalized spacial score (nSPS) is 43.0. The molecule has 3 aliphatic rings. The van der Waals surface area contributed by atoms with E-state index in [-0.39, 0.29) is 0 Å². The van der Waals surface area contributed by atoms with E-state index in [9.17, 15) is 0 Å². The molecule has 0 saturated carbocycles. The van der Waals surface area contributed by atoms with Crippen LogP contribution in [0.5, 0.6) is 0 Å². The molecule has 2 unspecified atom stereocenters. The minimum atomic E-state index is 0.399. The summed E-state index contributed by atoms with van der Waals surface area (Å²) >= 11 is 0. The first-order chi connectivity index (χ1) is 5.75. The first kappa shape index (κ1) is 8.52. The average molecular weight is 168 g/mol. The third-order valence-electron chi connectivity index (χ3n) is 3.47. The van der Waals surface area contributed by atoms with Gasteiger partial charge in [-0.1, -0.05) is 0 Å². The number of nitrogens with two attached hydrogens (primary N) is 1. The van der Waals surface area contributed by atoms with Crippen LogP contribution in [0.15, 0.2) is 0 Å². The molecular formula is C10H20N2. The van der Waals surface area contributed by atoms with E-state index in [2.05, 4.69) is 11.8 Å². The Labute approximate surface area is 75.1 Å². The van der Waals surface area contributed by atoms with Gasteiger partial charge in [0.05, 0.1) is 0 Å². The molecule has 2 atom stereocenters. The molecule has 2 N–H and O–H groups in total. The van der Waals surface area contributed by atoms with Gasteiger partial charge < -0.3 is 10.6 Å². The molecule has 3 aliphatic heterocycles. The van der Waals surface area contributed by atoms with Crippen molar-refractivity contribution in [2.45, 2.75) is 32.2 Å². The lowest BCUT2D eigenvalue weighted by Gasteiger charge is -2.45. The lowest BCUT2D eigenvalue weighted by molar-refractivity contribution is 0.0442. The summed E-state index contributed by atoms with van der Waals surface area (Å²) in [5.74, 6) is 1.91. The highest BCUT2D eigenvalue weighted by molar-refractivity contribution is 4.87. The zero-order valence-electron chi connectivity index (χ0n) is 8.00. The Bertz CT molecular complexity index is 146. The van der Waals surface area contributed by atoms with E-state index < -0.39 is 0 Å². The zero-order valence-corrected chi connectivity index (χ0v) is 8.00. The molecule has 3 rings (SSSR count). The molecule has 0 spiro atoms. The van der Waals surface area contributed by atoms with Gasteiger partial charge in [0.2, 0.25) is 0 Å². The fraction of sp³-hybridized carbons (Fsp3) is 1.00. The summed E-state index contributed by atoms with van der Waals surface area (Å²) in [4.78, 5) is 2.60. The summed E-state index contributed by atoms with van der Waals surface area (Å²) < 4.78 is 0. The van der Waals surface area contributed by atoms with Crippen molar-refractivity contribution in [3.63, 3.8) is 0 Å². The molecule has 2 heteroatoms. The van der Waals surface area contributed by atoms with Gasteiger partial charge in [-0.25, -0.2) is 0 Å². The number of hydrogen-bond donors (Lipinski definition) is 1. The van der Waals surface area contributed by atoms with Crippen LogP contribution >= 0.6 is 0 Å². The van der Waals surface area contributed by atoms with Crippen molar-refractivity contribution in [1.29, 1.82) is 0 Å². The Morgan fingerprint density at radius 2 is 2.08 bits per heavy atom. The Balaban J connectivity index is 1.91. The molecule has 2 nitrogen and oxygen atoms in total. The van der Waals surface area contributed by atoms with Crippen molar-refractivity contribution in [2.24, 2.45) is 17.6 Å². The highest BCUT2D eigenvalue weighted by Gasteiger charge is 2.33. The van der Waals surface area contributed by atoms with E-state index in [0.29, 0.717) is 6.04 Å². The summed E-state index contributed by atoms with van der Waals surface area (Å²) in [6.45, 7) is 6.16. The molecule has 70 valence electrons. The summed E-state index contributed by atoms with van der Waals surface area (Å²) in [5, 5.41) is 0. The van der Waals surface area contributed by atoms with Crippen LogP contribution in [0.25, 0.3) is 0 Å². The fourth-order valence-corrected chi connectivity index (χ4v) is 2.83. The Morgan fingerprint density at radius 1 is 1.42 bits per heavy atom. The third-order valence-corrected chi connectivity index (χ3v) is 3.47. The van der Waals surface area contributed by atoms with Crippen molar-refractivity contribution in [2.75, 3.05) is 19.6 Å². The van der Waals surface area contributed by atoms with E-state index >= 15 is 0 Å². The molecule has 0 radical (unpaired) electrons. The Kier molecular flexibility index (Phi) is 2.37. The minimum absolute atomic E-state index is 0.399. The second-order valence-corrected chi connectivity index (χ2v) is 4.61. The number of rotatable bonds is 2. The van der Waals surface area contributed by atoms with Crippen LogP contribution in [-0.4, -0.2) is 30.6 Å². The van der Waals surface area contributed by atoms with Gasteiger partial charge in [-0.2, -0.15) is 0 Å². The van der Waals surface area contributed by atoms with Gasteiger partial charge in [0.15, 0.2) is 0 Å². The number of hydrogen-bond acceptors (Lipinski definition) is 2. The number of nitrogens with zero attached hydrogens (tertiary/aromatic N) is 1. The summed E-state index contributed by atoms with van der Waals surface area (Å²) in [7, 11) is 0. The highest BCUT2D eigenvalue weighted by atomic mass is 15.1. The van der Waals surface area contributed by atoms with Crippen LogP contribution in [0.4, 0.5) is 0 Å². The van der Waals surface area contributed by atoms with Crippen molar-refractivity contribution in [3.8, 4) is 0 Å². The first-order valence-electron chi connectivity index (χ1n) is 5.23. The van der Waals surface area contributed by atoms with Gasteiger partial charge >= 0.3 is 0 Å². The topological polar surface area (TPSA) is 29.3 Å². The predicted molar refractivity (Wildman–Crippen MR) is 50.9 cm³/mol. The molecule has 0 aromatic carbocycles. The zero-order chi connectivity index (χ0) is 8.55. The molecule has 12 heavy (non-hydrogen) atoms. The fourth-order valence-electron chi connectivity index (χ4n) is 2.83. The predicted octanol–water partition coefficient (Wildman–Crippen LogP) is 1.07. The lowest BCUT2D eigenvalue weighted by Crippen LogP contribution is -2.48. The molecule has 0 aromatic rings. The SMILES string of the molecule is CC(N)CC1CN2CCC1CC2. The largest absolute Gasteiger partial charge is 0.328 e. The highest BCUT2D eigenvalue weighted by Crippen LogP contribution is 2.34. The second-order valence-electron chi connectivity index (χ2n) is 4.61. The van der Waals surface area contributed by atoms with E-state index in [1.165, 1.54) is 38.9 Å². The molecule has 3 heterocycles. The molecule has 2 bridgehead atoms.